The van der Waals surface area contributed by atoms with Gasteiger partial charge in [-0.1, -0.05) is 57.3 Å². The molecule has 0 saturated heterocycles. The molecule has 4 aromatic carbocycles. The molecular formula is C26H20BrCl2N3O5S2. The fourth-order valence-corrected chi connectivity index (χ4v) is 6.76. The van der Waals surface area contributed by atoms with Crippen molar-refractivity contribution in [3.05, 3.63) is 112 Å². The molecule has 4 aromatic rings. The van der Waals surface area contributed by atoms with E-state index >= 15 is 0 Å². The highest BCUT2D eigenvalue weighted by molar-refractivity contribution is 9.10. The molecule has 0 aliphatic rings. The van der Waals surface area contributed by atoms with Crippen LogP contribution in [0.5, 0.6) is 0 Å². The molecule has 8 nitrogen and oxygen atoms in total. The zero-order valence-corrected chi connectivity index (χ0v) is 24.6. The number of hydrogen-bond acceptors (Lipinski definition) is 5. The zero-order chi connectivity index (χ0) is 28.2. The van der Waals surface area contributed by atoms with Gasteiger partial charge in [0.25, 0.3) is 20.0 Å². The second-order valence-electron chi connectivity index (χ2n) is 8.14. The monoisotopic (exact) mass is 667 g/mol. The van der Waals surface area contributed by atoms with Gasteiger partial charge in [-0.15, -0.1) is 0 Å². The number of amides is 1. The topological polar surface area (TPSA) is 113 Å². The molecule has 0 fully saturated rings. The van der Waals surface area contributed by atoms with Crippen LogP contribution in [0.1, 0.15) is 0 Å². The van der Waals surface area contributed by atoms with Gasteiger partial charge in [0, 0.05) is 25.9 Å². The van der Waals surface area contributed by atoms with Crippen LogP contribution in [0, 0.1) is 0 Å². The predicted octanol–water partition coefficient (Wildman–Crippen LogP) is 6.39. The molecule has 0 heterocycles. The summed E-state index contributed by atoms with van der Waals surface area (Å²) in [6.07, 6.45) is 0. The van der Waals surface area contributed by atoms with Gasteiger partial charge in [-0.2, -0.15) is 0 Å². The molecule has 13 heteroatoms. The second kappa shape index (κ2) is 12.0. The number of nitrogens with one attached hydrogen (secondary N) is 2. The number of nitrogens with zero attached hydrogens (tertiary/aromatic N) is 1. The standard InChI is InChI=1S/C26H20BrCl2N3O5S2/c27-18-6-8-22(9-7-18)31-38(34,35)24-12-10-21(11-13-24)30-26(33)17-32(23-15-19(28)14-20(29)16-23)39(36,37)25-4-2-1-3-5-25/h1-16,31H,17H2,(H,30,33). The van der Waals surface area contributed by atoms with E-state index < -0.39 is 32.5 Å². The highest BCUT2D eigenvalue weighted by Gasteiger charge is 2.28. The van der Waals surface area contributed by atoms with Gasteiger partial charge < -0.3 is 5.32 Å². The van der Waals surface area contributed by atoms with Crippen molar-refractivity contribution < 1.29 is 21.6 Å². The number of carbonyl (C=O) groups is 1. The summed E-state index contributed by atoms with van der Waals surface area (Å²) in [4.78, 5) is 12.9. The third-order valence-electron chi connectivity index (χ3n) is 5.30. The fraction of sp³-hybridized carbons (Fsp3) is 0.0385. The van der Waals surface area contributed by atoms with Crippen LogP contribution in [0.4, 0.5) is 17.1 Å². The Morgan fingerprint density at radius 1 is 0.744 bits per heavy atom. The summed E-state index contributed by atoms with van der Waals surface area (Å²) in [7, 11) is -8.04. The highest BCUT2D eigenvalue weighted by atomic mass is 79.9. The average molecular weight is 669 g/mol. The smallest absolute Gasteiger partial charge is 0.264 e. The van der Waals surface area contributed by atoms with Crippen molar-refractivity contribution in [2.45, 2.75) is 9.79 Å². The van der Waals surface area contributed by atoms with Crippen LogP contribution in [0.2, 0.25) is 10.0 Å². The van der Waals surface area contributed by atoms with Crippen LogP contribution >= 0.6 is 39.1 Å². The molecule has 0 aliphatic carbocycles. The van der Waals surface area contributed by atoms with Gasteiger partial charge in [-0.05, 0) is 78.9 Å². The normalized spacial score (nSPS) is 11.6. The largest absolute Gasteiger partial charge is 0.325 e. The molecule has 2 N–H and O–H groups in total. The van der Waals surface area contributed by atoms with Crippen molar-refractivity contribution in [2.75, 3.05) is 20.9 Å². The van der Waals surface area contributed by atoms with Gasteiger partial charge in [0.1, 0.15) is 6.54 Å². The van der Waals surface area contributed by atoms with E-state index in [1.54, 1.807) is 42.5 Å². The number of benzene rings is 4. The lowest BCUT2D eigenvalue weighted by Crippen LogP contribution is -2.38. The van der Waals surface area contributed by atoms with E-state index in [-0.39, 0.29) is 31.2 Å². The van der Waals surface area contributed by atoms with Gasteiger partial charge in [0.2, 0.25) is 5.91 Å². The Kier molecular flexibility index (Phi) is 8.87. The fourth-order valence-electron chi connectivity index (χ4n) is 3.50. The molecule has 0 aromatic heterocycles. The Morgan fingerprint density at radius 3 is 1.90 bits per heavy atom. The second-order valence-corrected chi connectivity index (χ2v) is 13.5. The Morgan fingerprint density at radius 2 is 1.31 bits per heavy atom. The number of carbonyl (C=O) groups excluding carboxylic acids is 1. The molecule has 0 saturated carbocycles. The summed E-state index contributed by atoms with van der Waals surface area (Å²) in [5, 5.41) is 2.99. The average Bonchev–Trinajstić information content (AvgIpc) is 2.88. The molecule has 0 atom stereocenters. The van der Waals surface area contributed by atoms with Crippen LogP contribution < -0.4 is 14.3 Å². The van der Waals surface area contributed by atoms with Gasteiger partial charge in [0.15, 0.2) is 0 Å². The first-order chi connectivity index (χ1) is 18.4. The summed E-state index contributed by atoms with van der Waals surface area (Å²) in [6.45, 7) is -0.598. The van der Waals surface area contributed by atoms with Crippen molar-refractivity contribution in [2.24, 2.45) is 0 Å². The lowest BCUT2D eigenvalue weighted by atomic mass is 10.3. The molecule has 202 valence electrons. The van der Waals surface area contributed by atoms with Crippen molar-refractivity contribution in [1.29, 1.82) is 0 Å². The molecule has 0 bridgehead atoms. The summed E-state index contributed by atoms with van der Waals surface area (Å²) in [6, 6.07) is 23.9. The SMILES string of the molecule is O=C(CN(c1cc(Cl)cc(Cl)c1)S(=O)(=O)c1ccccc1)Nc1ccc(S(=O)(=O)Nc2ccc(Br)cc2)cc1. The van der Waals surface area contributed by atoms with Gasteiger partial charge in [0.05, 0.1) is 15.5 Å². The third kappa shape index (κ3) is 7.31. The highest BCUT2D eigenvalue weighted by Crippen LogP contribution is 2.30. The maximum absolute atomic E-state index is 13.5. The number of rotatable bonds is 9. The Bertz CT molecular complexity index is 1680. The molecule has 39 heavy (non-hydrogen) atoms. The summed E-state index contributed by atoms with van der Waals surface area (Å²) in [5.74, 6) is -0.672. The van der Waals surface area contributed by atoms with E-state index in [4.69, 9.17) is 23.2 Å². The van der Waals surface area contributed by atoms with E-state index in [2.05, 4.69) is 26.0 Å². The molecule has 0 unspecified atom stereocenters. The van der Waals surface area contributed by atoms with Gasteiger partial charge in [-0.3, -0.25) is 13.8 Å². The van der Waals surface area contributed by atoms with E-state index in [0.29, 0.717) is 5.69 Å². The van der Waals surface area contributed by atoms with Crippen LogP contribution in [0.15, 0.2) is 111 Å². The molecule has 4 rings (SSSR count). The molecule has 1 amide bonds. The first-order valence-corrected chi connectivity index (χ1v) is 15.6. The predicted molar refractivity (Wildman–Crippen MR) is 157 cm³/mol. The maximum atomic E-state index is 13.5. The maximum Gasteiger partial charge on any atom is 0.264 e. The zero-order valence-electron chi connectivity index (χ0n) is 19.9. The van der Waals surface area contributed by atoms with E-state index in [0.717, 1.165) is 8.78 Å². The van der Waals surface area contributed by atoms with E-state index in [9.17, 15) is 21.6 Å². The van der Waals surface area contributed by atoms with Crippen LogP contribution in [0.25, 0.3) is 0 Å². The molecule has 0 radical (unpaired) electrons. The number of hydrogen-bond donors (Lipinski definition) is 2. The Balaban J connectivity index is 1.54. The van der Waals surface area contributed by atoms with Gasteiger partial charge in [-0.25, -0.2) is 16.8 Å². The third-order valence-corrected chi connectivity index (χ3v) is 9.45. The van der Waals surface area contributed by atoms with E-state index in [1.165, 1.54) is 54.6 Å². The van der Waals surface area contributed by atoms with Crippen molar-refractivity contribution in [3.63, 3.8) is 0 Å². The first kappa shape index (κ1) is 28.9. The van der Waals surface area contributed by atoms with Crippen molar-refractivity contribution in [3.8, 4) is 0 Å². The minimum absolute atomic E-state index is 0.0229. The molecule has 0 spiro atoms. The van der Waals surface area contributed by atoms with E-state index in [1.807, 2.05) is 0 Å². The quantitative estimate of drug-likeness (QED) is 0.215. The number of anilines is 3. The lowest BCUT2D eigenvalue weighted by molar-refractivity contribution is -0.114. The molecular weight excluding hydrogens is 649 g/mol. The van der Waals surface area contributed by atoms with Gasteiger partial charge >= 0.3 is 0 Å². The first-order valence-electron chi connectivity index (χ1n) is 11.2. The van der Waals surface area contributed by atoms with Crippen molar-refractivity contribution in [1.82, 2.24) is 0 Å². The van der Waals surface area contributed by atoms with Crippen LogP contribution in [-0.2, 0) is 24.8 Å². The number of sulfonamides is 2. The molecule has 0 aliphatic heterocycles. The summed E-state index contributed by atoms with van der Waals surface area (Å²) in [5.41, 5.74) is 0.757. The number of halogens is 3. The van der Waals surface area contributed by atoms with Crippen LogP contribution in [-0.4, -0.2) is 29.3 Å². The van der Waals surface area contributed by atoms with Crippen molar-refractivity contribution >= 4 is 82.1 Å². The summed E-state index contributed by atoms with van der Waals surface area (Å²) < 4.78 is 56.5. The minimum Gasteiger partial charge on any atom is -0.325 e. The van der Waals surface area contributed by atoms with Crippen LogP contribution in [0.3, 0.4) is 0 Å². The minimum atomic E-state index is -4.17. The summed E-state index contributed by atoms with van der Waals surface area (Å²) >= 11 is 15.5. The Hall–Kier alpha value is -3.09. The Labute approximate surface area is 244 Å². The lowest BCUT2D eigenvalue weighted by Gasteiger charge is -2.24.